The Morgan fingerprint density at radius 3 is 2.75 bits per heavy atom. The Morgan fingerprint density at radius 2 is 2.03 bits per heavy atom. The largest absolute Gasteiger partial charge is 0.465 e. The highest BCUT2D eigenvalue weighted by molar-refractivity contribution is 7.52. The van der Waals surface area contributed by atoms with Crippen LogP contribution in [-0.2, 0) is 28.1 Å². The van der Waals surface area contributed by atoms with Crippen LogP contribution in [0.5, 0.6) is 5.75 Å². The fraction of sp³-hybridized carbons (Fsp3) is 0.522. The normalized spacial score (nSPS) is 20.0. The van der Waals surface area contributed by atoms with Crippen molar-refractivity contribution >= 4 is 13.7 Å². The third-order valence-electron chi connectivity index (χ3n) is 5.24. The molecule has 198 valence electrons. The van der Waals surface area contributed by atoms with E-state index in [1.807, 2.05) is 6.92 Å². The first-order chi connectivity index (χ1) is 17.2. The van der Waals surface area contributed by atoms with E-state index in [0.29, 0.717) is 5.56 Å². The van der Waals surface area contributed by atoms with Gasteiger partial charge in [0.05, 0.1) is 13.2 Å². The molecule has 0 spiro atoms. The third-order valence-corrected chi connectivity index (χ3v) is 6.88. The lowest BCUT2D eigenvalue weighted by Crippen LogP contribution is -2.36. The van der Waals surface area contributed by atoms with Crippen molar-refractivity contribution in [3.63, 3.8) is 0 Å². The van der Waals surface area contributed by atoms with E-state index in [-0.39, 0.29) is 25.6 Å². The second-order valence-corrected chi connectivity index (χ2v) is 9.95. The van der Waals surface area contributed by atoms with Gasteiger partial charge in [0.15, 0.2) is 12.5 Å². The number of H-pyrrole nitrogens is 1. The summed E-state index contributed by atoms with van der Waals surface area (Å²) >= 11 is 0. The molecule has 3 rings (SSSR count). The molecule has 0 aliphatic carbocycles. The molecule has 0 bridgehead atoms. The van der Waals surface area contributed by atoms with E-state index >= 15 is 0 Å². The van der Waals surface area contributed by atoms with E-state index in [0.717, 1.165) is 19.3 Å². The van der Waals surface area contributed by atoms with Gasteiger partial charge in [0, 0.05) is 11.8 Å². The predicted octanol–water partition coefficient (Wildman–Crippen LogP) is 2.63. The number of hydrogen-bond donors (Lipinski definition) is 2. The van der Waals surface area contributed by atoms with E-state index in [2.05, 4.69) is 10.1 Å². The molecule has 1 saturated heterocycles. The summed E-state index contributed by atoms with van der Waals surface area (Å²) < 4.78 is 42.4. The number of benzene rings is 1. The van der Waals surface area contributed by atoms with Gasteiger partial charge >= 0.3 is 19.4 Å². The van der Waals surface area contributed by atoms with E-state index in [4.69, 9.17) is 23.3 Å². The van der Waals surface area contributed by atoms with Crippen LogP contribution in [-0.4, -0.2) is 47.7 Å². The van der Waals surface area contributed by atoms with Crippen molar-refractivity contribution in [2.24, 2.45) is 0 Å². The zero-order chi connectivity index (χ0) is 26.1. The third kappa shape index (κ3) is 7.87. The first-order valence-corrected chi connectivity index (χ1v) is 13.3. The number of hydrogen-bond acceptors (Lipinski definition) is 9. The zero-order valence-corrected chi connectivity index (χ0v) is 21.4. The van der Waals surface area contributed by atoms with Crippen molar-refractivity contribution in [2.45, 2.75) is 58.6 Å². The molecule has 1 aliphatic rings. The van der Waals surface area contributed by atoms with Gasteiger partial charge in [-0.3, -0.25) is 23.7 Å². The van der Waals surface area contributed by atoms with Crippen LogP contribution in [0.4, 0.5) is 0 Å². The smallest absolute Gasteiger partial charge is 0.459 e. The van der Waals surface area contributed by atoms with Crippen molar-refractivity contribution in [1.82, 2.24) is 14.6 Å². The highest BCUT2D eigenvalue weighted by Crippen LogP contribution is 2.45. The van der Waals surface area contributed by atoms with E-state index < -0.39 is 43.5 Å². The number of carbonyl (C=O) groups is 1. The molecule has 12 nitrogen and oxygen atoms in total. The second-order valence-electron chi connectivity index (χ2n) is 8.26. The van der Waals surface area contributed by atoms with Crippen LogP contribution < -0.4 is 20.9 Å². The fourth-order valence-electron chi connectivity index (χ4n) is 3.29. The number of aromatic amines is 1. The highest BCUT2D eigenvalue weighted by Gasteiger charge is 2.36. The molecule has 1 fully saturated rings. The molecule has 0 radical (unpaired) electrons. The Bertz CT molecular complexity index is 1170. The molecule has 2 N–H and O–H groups in total. The molecule has 2 aromatic rings. The molecule has 13 heteroatoms. The summed E-state index contributed by atoms with van der Waals surface area (Å²) in [6.45, 7) is 5.03. The van der Waals surface area contributed by atoms with E-state index in [1.165, 1.54) is 17.7 Å². The minimum absolute atomic E-state index is 0.00280. The lowest BCUT2D eigenvalue weighted by atomic mass is 10.3. The lowest BCUT2D eigenvalue weighted by molar-refractivity contribution is -0.145. The number of unbranched alkanes of at least 4 members (excludes halogenated alkanes) is 2. The lowest BCUT2D eigenvalue weighted by Gasteiger charge is -2.23. The molecule has 4 atom stereocenters. The molecule has 1 aromatic carbocycles. The fourth-order valence-corrected chi connectivity index (χ4v) is 4.76. The maximum absolute atomic E-state index is 13.5. The first-order valence-electron chi connectivity index (χ1n) is 11.7. The van der Waals surface area contributed by atoms with Gasteiger partial charge in [-0.15, -0.1) is 0 Å². The molecule has 36 heavy (non-hydrogen) atoms. The maximum atomic E-state index is 13.5. The Balaban J connectivity index is 1.64. The summed E-state index contributed by atoms with van der Waals surface area (Å²) in [4.78, 5) is 38.3. The Labute approximate surface area is 208 Å². The summed E-state index contributed by atoms with van der Waals surface area (Å²) in [5.74, 6) is -0.328. The van der Waals surface area contributed by atoms with Gasteiger partial charge in [-0.25, -0.2) is 9.36 Å². The average Bonchev–Trinajstić information content (AvgIpc) is 3.32. The van der Waals surface area contributed by atoms with Crippen LogP contribution in [0, 0.1) is 6.92 Å². The van der Waals surface area contributed by atoms with Crippen molar-refractivity contribution in [3.8, 4) is 5.75 Å². The molecular formula is C23H32N3O9P. The minimum Gasteiger partial charge on any atom is -0.465 e. The predicted molar refractivity (Wildman–Crippen MR) is 130 cm³/mol. The summed E-state index contributed by atoms with van der Waals surface area (Å²) in [6.07, 6.45) is 2.22. The van der Waals surface area contributed by atoms with Gasteiger partial charge in [0.25, 0.3) is 5.56 Å². The number of ether oxygens (including phenoxy) is 3. The summed E-state index contributed by atoms with van der Waals surface area (Å²) in [6, 6.07) is 7.36. The van der Waals surface area contributed by atoms with Crippen molar-refractivity contribution < 1.29 is 32.6 Å². The highest BCUT2D eigenvalue weighted by atomic mass is 31.2. The van der Waals surface area contributed by atoms with E-state index in [9.17, 15) is 18.9 Å². The standard InChI is InChI=1S/C23H32N3O9P/c1-4-5-9-12-31-22(28)17(3)25-36(30,35-18-10-7-6-8-11-18)33-15-20-32-14-19(34-20)26-13-16(2)21(27)24-23(26)29/h6-8,10-11,13,17,19-20H,4-5,9,12,14-15H2,1-3H3,(H,25,30)(H,24,27,29)/t17-,19+,20+,36?/m0/s1. The van der Waals surface area contributed by atoms with Crippen molar-refractivity contribution in [3.05, 3.63) is 62.9 Å². The van der Waals surface area contributed by atoms with Crippen LogP contribution in [0.2, 0.25) is 0 Å². The molecule has 0 saturated carbocycles. The van der Waals surface area contributed by atoms with Crippen molar-refractivity contribution in [1.29, 1.82) is 0 Å². The quantitative estimate of drug-likeness (QED) is 0.227. The summed E-state index contributed by atoms with van der Waals surface area (Å²) in [7, 11) is -4.09. The van der Waals surface area contributed by atoms with Gasteiger partial charge in [0.2, 0.25) is 0 Å². The summed E-state index contributed by atoms with van der Waals surface area (Å²) in [5.41, 5.74) is -0.802. The van der Waals surface area contributed by atoms with Crippen LogP contribution in [0.1, 0.15) is 44.9 Å². The molecule has 1 aromatic heterocycles. The number of nitrogens with zero attached hydrogens (tertiary/aromatic N) is 1. The van der Waals surface area contributed by atoms with Crippen molar-refractivity contribution in [2.75, 3.05) is 19.8 Å². The minimum atomic E-state index is -4.09. The second kappa shape index (κ2) is 13.0. The van der Waals surface area contributed by atoms with Gasteiger partial charge in [-0.1, -0.05) is 38.0 Å². The Morgan fingerprint density at radius 1 is 1.28 bits per heavy atom. The Kier molecular flexibility index (Phi) is 10.0. The number of rotatable bonds is 13. The first kappa shape index (κ1) is 27.8. The van der Waals surface area contributed by atoms with Gasteiger partial charge in [-0.05, 0) is 32.4 Å². The number of aromatic nitrogens is 2. The molecule has 0 amide bonds. The zero-order valence-electron chi connectivity index (χ0n) is 20.5. The Hall–Kier alpha value is -2.76. The molecule has 2 heterocycles. The molecule has 1 aliphatic heterocycles. The number of nitrogens with one attached hydrogen (secondary N) is 2. The van der Waals surface area contributed by atoms with E-state index in [1.54, 1.807) is 37.3 Å². The topological polar surface area (TPSA) is 147 Å². The number of esters is 1. The maximum Gasteiger partial charge on any atom is 0.459 e. The number of para-hydroxylation sites is 1. The average molecular weight is 525 g/mol. The van der Waals surface area contributed by atoms with Crippen LogP contribution in [0.25, 0.3) is 0 Å². The molecule has 1 unspecified atom stereocenters. The van der Waals surface area contributed by atoms with Gasteiger partial charge in [-0.2, -0.15) is 5.09 Å². The van der Waals surface area contributed by atoms with Crippen LogP contribution in [0.15, 0.2) is 46.1 Å². The summed E-state index contributed by atoms with van der Waals surface area (Å²) in [5, 5.41) is 2.60. The van der Waals surface area contributed by atoms with Crippen LogP contribution >= 0.6 is 7.75 Å². The monoisotopic (exact) mass is 525 g/mol. The number of carbonyl (C=O) groups excluding carboxylic acids is 1. The number of aryl methyl sites for hydroxylation is 1. The molecular weight excluding hydrogens is 493 g/mol. The SMILES string of the molecule is CCCCCOC(=O)[C@H](C)NP(=O)(OC[C@@H]1OC[C@H](n2cc(C)c(=O)[nH]c2=O)O1)Oc1ccccc1. The van der Waals surface area contributed by atoms with Gasteiger partial charge in [0.1, 0.15) is 18.4 Å². The van der Waals surface area contributed by atoms with Crippen LogP contribution in [0.3, 0.4) is 0 Å². The van der Waals surface area contributed by atoms with Gasteiger partial charge < -0.3 is 18.7 Å².